The Bertz CT molecular complexity index is 634. The van der Waals surface area contributed by atoms with Crippen molar-refractivity contribution < 1.29 is 22.7 Å². The largest absolute Gasteiger partial charge is 0.478 e. The van der Waals surface area contributed by atoms with Crippen LogP contribution in [-0.2, 0) is 9.84 Å². The van der Waals surface area contributed by atoms with Crippen LogP contribution in [0.1, 0.15) is 29.6 Å². The Kier molecular flexibility index (Phi) is 3.71. The van der Waals surface area contributed by atoms with E-state index in [1.807, 2.05) is 0 Å². The van der Waals surface area contributed by atoms with Gasteiger partial charge in [0.15, 0.2) is 9.84 Å². The molecule has 0 fully saturated rings. The Balaban J connectivity index is 2.50. The second kappa shape index (κ2) is 5.13. The number of carboxylic acids is 1. The Labute approximate surface area is 110 Å². The second-order valence-electron chi connectivity index (χ2n) is 4.39. The molecule has 0 radical (unpaired) electrons. The molecule has 4 nitrogen and oxygen atoms in total. The van der Waals surface area contributed by atoms with Gasteiger partial charge in [-0.3, -0.25) is 0 Å². The Morgan fingerprint density at radius 1 is 1.37 bits per heavy atom. The van der Waals surface area contributed by atoms with Crippen molar-refractivity contribution in [2.45, 2.75) is 29.4 Å². The van der Waals surface area contributed by atoms with E-state index in [9.17, 15) is 17.6 Å². The number of rotatable bonds is 3. The first-order chi connectivity index (χ1) is 8.93. The van der Waals surface area contributed by atoms with Crippen LogP contribution < -0.4 is 0 Å². The summed E-state index contributed by atoms with van der Waals surface area (Å²) in [5.74, 6) is -2.19. The van der Waals surface area contributed by atoms with Crippen molar-refractivity contribution >= 4 is 15.8 Å². The maximum atomic E-state index is 13.7. The number of aromatic carboxylic acids is 1. The predicted octanol–water partition coefficient (Wildman–Crippen LogP) is 2.41. The number of sulfone groups is 1. The minimum Gasteiger partial charge on any atom is -0.478 e. The Morgan fingerprint density at radius 3 is 2.68 bits per heavy atom. The second-order valence-corrected chi connectivity index (χ2v) is 6.53. The van der Waals surface area contributed by atoms with Crippen LogP contribution in [0.3, 0.4) is 0 Å². The van der Waals surface area contributed by atoms with Crippen LogP contribution in [0, 0.1) is 5.82 Å². The maximum Gasteiger partial charge on any atom is 0.335 e. The van der Waals surface area contributed by atoms with Crippen LogP contribution in [0.2, 0.25) is 0 Å². The summed E-state index contributed by atoms with van der Waals surface area (Å²) in [4.78, 5) is 10.3. The number of hydrogen-bond donors (Lipinski definition) is 1. The van der Waals surface area contributed by atoms with Gasteiger partial charge < -0.3 is 5.11 Å². The van der Waals surface area contributed by atoms with Crippen LogP contribution in [0.4, 0.5) is 4.39 Å². The molecule has 1 aromatic carbocycles. The van der Waals surface area contributed by atoms with Gasteiger partial charge in [-0.05, 0) is 37.5 Å². The molecule has 0 spiro atoms. The lowest BCUT2D eigenvalue weighted by Gasteiger charge is -2.17. The molecule has 0 bridgehead atoms. The number of carbonyl (C=O) groups is 1. The molecule has 0 saturated heterocycles. The molecule has 2 rings (SSSR count). The summed E-state index contributed by atoms with van der Waals surface area (Å²) in [5.41, 5.74) is -0.236. The third-order valence-electron chi connectivity index (χ3n) is 3.09. The third-order valence-corrected chi connectivity index (χ3v) is 5.21. The molecule has 1 aliphatic carbocycles. The summed E-state index contributed by atoms with van der Waals surface area (Å²) in [6.45, 7) is 0. The molecule has 0 amide bonds. The fraction of sp³-hybridized carbons (Fsp3) is 0.308. The predicted molar refractivity (Wildman–Crippen MR) is 67.3 cm³/mol. The van der Waals surface area contributed by atoms with Crippen molar-refractivity contribution in [3.63, 3.8) is 0 Å². The molecule has 0 heterocycles. The van der Waals surface area contributed by atoms with Gasteiger partial charge in [-0.1, -0.05) is 12.2 Å². The van der Waals surface area contributed by atoms with E-state index in [2.05, 4.69) is 0 Å². The van der Waals surface area contributed by atoms with Crippen molar-refractivity contribution in [2.24, 2.45) is 0 Å². The normalized spacial score (nSPS) is 19.3. The number of carboxylic acid groups (broad SMARTS) is 1. The maximum absolute atomic E-state index is 13.7. The van der Waals surface area contributed by atoms with Crippen molar-refractivity contribution in [3.8, 4) is 0 Å². The summed E-state index contributed by atoms with van der Waals surface area (Å²) in [6, 6.07) is 2.81. The van der Waals surface area contributed by atoms with Gasteiger partial charge in [-0.25, -0.2) is 17.6 Å². The van der Waals surface area contributed by atoms with Crippen molar-refractivity contribution in [1.29, 1.82) is 0 Å². The number of benzene rings is 1. The van der Waals surface area contributed by atoms with E-state index in [4.69, 9.17) is 5.11 Å². The molecule has 19 heavy (non-hydrogen) atoms. The molecule has 0 saturated carbocycles. The standard InChI is InChI=1S/C13H13FO4S/c14-11-7-6-9(13(15)16)8-12(11)19(17,18)10-4-2-1-3-5-10/h2,4,6-8,10H,1,3,5H2,(H,15,16). The van der Waals surface area contributed by atoms with E-state index in [1.165, 1.54) is 0 Å². The molecule has 1 aromatic rings. The van der Waals surface area contributed by atoms with Gasteiger partial charge in [0.2, 0.25) is 0 Å². The van der Waals surface area contributed by atoms with Crippen LogP contribution in [0.15, 0.2) is 35.2 Å². The van der Waals surface area contributed by atoms with Gasteiger partial charge in [0.1, 0.15) is 10.7 Å². The Morgan fingerprint density at radius 2 is 2.11 bits per heavy atom. The zero-order valence-electron chi connectivity index (χ0n) is 10.0. The summed E-state index contributed by atoms with van der Waals surface area (Å²) in [7, 11) is -3.87. The van der Waals surface area contributed by atoms with E-state index >= 15 is 0 Å². The molecule has 102 valence electrons. The first kappa shape index (κ1) is 13.7. The van der Waals surface area contributed by atoms with Gasteiger partial charge in [0, 0.05) is 0 Å². The number of halogens is 1. The van der Waals surface area contributed by atoms with Crippen LogP contribution in [0.5, 0.6) is 0 Å². The minimum atomic E-state index is -3.87. The topological polar surface area (TPSA) is 71.4 Å². The van der Waals surface area contributed by atoms with Gasteiger partial charge >= 0.3 is 5.97 Å². The highest BCUT2D eigenvalue weighted by molar-refractivity contribution is 7.92. The van der Waals surface area contributed by atoms with E-state index in [-0.39, 0.29) is 5.56 Å². The lowest BCUT2D eigenvalue weighted by atomic mass is 10.1. The summed E-state index contributed by atoms with van der Waals surface area (Å²) in [6.07, 6.45) is 5.26. The highest BCUT2D eigenvalue weighted by Crippen LogP contribution is 2.27. The first-order valence-electron chi connectivity index (χ1n) is 5.86. The van der Waals surface area contributed by atoms with E-state index in [0.717, 1.165) is 31.0 Å². The smallest absolute Gasteiger partial charge is 0.335 e. The molecular weight excluding hydrogens is 271 g/mol. The van der Waals surface area contributed by atoms with E-state index < -0.39 is 31.8 Å². The van der Waals surface area contributed by atoms with Crippen molar-refractivity contribution in [2.75, 3.05) is 0 Å². The quantitative estimate of drug-likeness (QED) is 0.865. The van der Waals surface area contributed by atoms with Gasteiger partial charge in [0.05, 0.1) is 10.8 Å². The molecule has 1 N–H and O–H groups in total. The molecular formula is C13H13FO4S. The van der Waals surface area contributed by atoms with Crippen LogP contribution >= 0.6 is 0 Å². The van der Waals surface area contributed by atoms with Crippen molar-refractivity contribution in [1.82, 2.24) is 0 Å². The number of allylic oxidation sites excluding steroid dienone is 1. The zero-order chi connectivity index (χ0) is 14.0. The zero-order valence-corrected chi connectivity index (χ0v) is 10.9. The molecule has 1 atom stereocenters. The average Bonchev–Trinajstić information content (AvgIpc) is 2.39. The molecule has 1 aliphatic rings. The first-order valence-corrected chi connectivity index (χ1v) is 7.41. The number of hydrogen-bond acceptors (Lipinski definition) is 3. The SMILES string of the molecule is O=C(O)c1ccc(F)c(S(=O)(=O)C2C=CCCC2)c1. The molecule has 1 unspecified atom stereocenters. The van der Waals surface area contributed by atoms with Crippen LogP contribution in [0.25, 0.3) is 0 Å². The minimum absolute atomic E-state index is 0.236. The molecule has 0 aliphatic heterocycles. The van der Waals surface area contributed by atoms with Gasteiger partial charge in [0.25, 0.3) is 0 Å². The van der Waals surface area contributed by atoms with Gasteiger partial charge in [-0.15, -0.1) is 0 Å². The third kappa shape index (κ3) is 2.68. The molecule has 6 heteroatoms. The van der Waals surface area contributed by atoms with Crippen LogP contribution in [-0.4, -0.2) is 24.7 Å². The lowest BCUT2D eigenvalue weighted by Crippen LogP contribution is -2.22. The van der Waals surface area contributed by atoms with E-state index in [0.29, 0.717) is 6.42 Å². The van der Waals surface area contributed by atoms with E-state index in [1.54, 1.807) is 12.2 Å². The highest BCUT2D eigenvalue weighted by atomic mass is 32.2. The fourth-order valence-electron chi connectivity index (χ4n) is 2.06. The van der Waals surface area contributed by atoms with Crippen molar-refractivity contribution in [3.05, 3.63) is 41.7 Å². The summed E-state index contributed by atoms with van der Waals surface area (Å²) < 4.78 is 38.3. The molecule has 0 aromatic heterocycles. The summed E-state index contributed by atoms with van der Waals surface area (Å²) >= 11 is 0. The Hall–Kier alpha value is -1.69. The summed E-state index contributed by atoms with van der Waals surface area (Å²) in [5, 5.41) is 8.07. The van der Waals surface area contributed by atoms with Gasteiger partial charge in [-0.2, -0.15) is 0 Å². The lowest BCUT2D eigenvalue weighted by molar-refractivity contribution is 0.0696. The monoisotopic (exact) mass is 284 g/mol. The fourth-order valence-corrected chi connectivity index (χ4v) is 3.81. The average molecular weight is 284 g/mol. The highest BCUT2D eigenvalue weighted by Gasteiger charge is 2.29.